The Morgan fingerprint density at radius 1 is 1.24 bits per heavy atom. The molecular weight excluding hydrogens is 330 g/mol. The van der Waals surface area contributed by atoms with E-state index in [1.165, 1.54) is 0 Å². The van der Waals surface area contributed by atoms with Gasteiger partial charge in [-0.3, -0.25) is 4.90 Å². The maximum absolute atomic E-state index is 4.65. The highest BCUT2D eigenvalue weighted by Crippen LogP contribution is 2.23. The summed E-state index contributed by atoms with van der Waals surface area (Å²) >= 11 is 3.51. The molecule has 2 aromatic rings. The van der Waals surface area contributed by atoms with Crippen LogP contribution in [0.15, 0.2) is 18.5 Å². The van der Waals surface area contributed by atoms with Crippen LogP contribution in [0.25, 0.3) is 5.52 Å². The summed E-state index contributed by atoms with van der Waals surface area (Å²) in [6.07, 6.45) is 3.79. The molecule has 0 amide bonds. The minimum absolute atomic E-state index is 0.438. The fraction of sp³-hybridized carbons (Fsp3) is 0.600. The predicted molar refractivity (Wildman–Crippen MR) is 89.5 cm³/mol. The van der Waals surface area contributed by atoms with Crippen molar-refractivity contribution < 1.29 is 0 Å². The van der Waals surface area contributed by atoms with Crippen LogP contribution in [0.1, 0.15) is 25.5 Å². The summed E-state index contributed by atoms with van der Waals surface area (Å²) < 4.78 is 1.96. The zero-order chi connectivity index (χ0) is 14.8. The second kappa shape index (κ2) is 6.32. The summed E-state index contributed by atoms with van der Waals surface area (Å²) in [4.78, 5) is 9.48. The molecule has 0 N–H and O–H groups in total. The lowest BCUT2D eigenvalue weighted by molar-refractivity contribution is 0.273. The largest absolute Gasteiger partial charge is 0.352 e. The van der Waals surface area contributed by atoms with Gasteiger partial charge in [-0.25, -0.2) is 9.50 Å². The Labute approximate surface area is 134 Å². The van der Waals surface area contributed by atoms with Crippen LogP contribution in [0, 0.1) is 0 Å². The Balaban J connectivity index is 1.84. The number of piperazine rings is 1. The molecule has 0 aliphatic carbocycles. The summed E-state index contributed by atoms with van der Waals surface area (Å²) in [5.41, 5.74) is 2.25. The van der Waals surface area contributed by atoms with Crippen LogP contribution in [0.4, 0.5) is 5.82 Å². The van der Waals surface area contributed by atoms with E-state index in [1.54, 1.807) is 0 Å². The third-order valence-electron chi connectivity index (χ3n) is 4.05. The second-order valence-electron chi connectivity index (χ2n) is 5.82. The van der Waals surface area contributed by atoms with E-state index in [-0.39, 0.29) is 0 Å². The molecule has 2 aromatic heterocycles. The van der Waals surface area contributed by atoms with Gasteiger partial charge in [-0.1, -0.05) is 29.8 Å². The van der Waals surface area contributed by atoms with Crippen LogP contribution in [0.5, 0.6) is 0 Å². The Hall–Kier alpha value is -1.14. The van der Waals surface area contributed by atoms with E-state index in [2.05, 4.69) is 55.7 Å². The van der Waals surface area contributed by atoms with Crippen molar-refractivity contribution in [2.45, 2.75) is 19.8 Å². The summed E-state index contributed by atoms with van der Waals surface area (Å²) in [6.45, 7) is 9.72. The first-order valence-electron chi connectivity index (χ1n) is 7.56. The molecule has 0 unspecified atom stereocenters. The van der Waals surface area contributed by atoms with Gasteiger partial charge in [0.25, 0.3) is 0 Å². The van der Waals surface area contributed by atoms with Gasteiger partial charge in [0.2, 0.25) is 0 Å². The zero-order valence-electron chi connectivity index (χ0n) is 12.7. The molecule has 3 rings (SSSR count). The highest BCUT2D eigenvalue weighted by Gasteiger charge is 2.20. The average Bonchev–Trinajstić information content (AvgIpc) is 2.93. The Bertz CT molecular complexity index is 601. The molecule has 0 radical (unpaired) electrons. The normalized spacial score (nSPS) is 17.0. The molecule has 0 bridgehead atoms. The van der Waals surface area contributed by atoms with E-state index >= 15 is 0 Å². The fourth-order valence-corrected chi connectivity index (χ4v) is 3.26. The molecule has 0 spiro atoms. The third-order valence-corrected chi connectivity index (χ3v) is 4.41. The van der Waals surface area contributed by atoms with Crippen molar-refractivity contribution in [3.63, 3.8) is 0 Å². The van der Waals surface area contributed by atoms with E-state index in [9.17, 15) is 0 Å². The number of nitrogens with zero attached hydrogens (tertiary/aromatic N) is 5. The SMILES string of the molecule is CC(C)c1cc2c(N3CCN(CCBr)CC3)nccn2n1. The van der Waals surface area contributed by atoms with Gasteiger partial charge in [-0.05, 0) is 12.0 Å². The summed E-state index contributed by atoms with van der Waals surface area (Å²) in [5, 5.41) is 5.69. The summed E-state index contributed by atoms with van der Waals surface area (Å²) in [6, 6.07) is 2.18. The highest BCUT2D eigenvalue weighted by molar-refractivity contribution is 9.09. The molecule has 6 heteroatoms. The monoisotopic (exact) mass is 351 g/mol. The Morgan fingerprint density at radius 3 is 2.67 bits per heavy atom. The van der Waals surface area contributed by atoms with Crippen molar-refractivity contribution in [3.05, 3.63) is 24.2 Å². The molecule has 21 heavy (non-hydrogen) atoms. The van der Waals surface area contributed by atoms with E-state index in [1.807, 2.05) is 16.9 Å². The maximum atomic E-state index is 4.65. The number of rotatable bonds is 4. The zero-order valence-corrected chi connectivity index (χ0v) is 14.3. The van der Waals surface area contributed by atoms with E-state index in [0.29, 0.717) is 5.92 Å². The first-order valence-corrected chi connectivity index (χ1v) is 8.68. The average molecular weight is 352 g/mol. The molecule has 1 saturated heterocycles. The number of anilines is 1. The van der Waals surface area contributed by atoms with Gasteiger partial charge in [-0.2, -0.15) is 5.10 Å². The van der Waals surface area contributed by atoms with Gasteiger partial charge in [0.05, 0.1) is 5.69 Å². The van der Waals surface area contributed by atoms with Crippen LogP contribution < -0.4 is 4.90 Å². The summed E-state index contributed by atoms with van der Waals surface area (Å²) in [7, 11) is 0. The lowest BCUT2D eigenvalue weighted by atomic mass is 10.1. The lowest BCUT2D eigenvalue weighted by Gasteiger charge is -2.35. The van der Waals surface area contributed by atoms with E-state index in [0.717, 1.165) is 55.1 Å². The number of fused-ring (bicyclic) bond motifs is 1. The second-order valence-corrected chi connectivity index (χ2v) is 6.62. The fourth-order valence-electron chi connectivity index (χ4n) is 2.76. The van der Waals surface area contributed by atoms with Crippen LogP contribution >= 0.6 is 15.9 Å². The predicted octanol–water partition coefficient (Wildman–Crippen LogP) is 2.37. The standard InChI is InChI=1S/C15H22BrN5/c1-12(2)13-11-14-15(17-4-6-21(14)18-13)20-9-7-19(5-3-16)8-10-20/h4,6,11-12H,3,5,7-10H2,1-2H3. The first kappa shape index (κ1) is 14.8. The highest BCUT2D eigenvalue weighted by atomic mass is 79.9. The van der Waals surface area contributed by atoms with Crippen molar-refractivity contribution >= 4 is 27.3 Å². The van der Waals surface area contributed by atoms with Gasteiger partial charge in [0, 0.05) is 50.4 Å². The molecule has 0 saturated carbocycles. The molecule has 0 aromatic carbocycles. The van der Waals surface area contributed by atoms with Gasteiger partial charge in [0.15, 0.2) is 5.82 Å². The first-order chi connectivity index (χ1) is 10.2. The van der Waals surface area contributed by atoms with Crippen molar-refractivity contribution in [2.24, 2.45) is 0 Å². The third kappa shape index (κ3) is 3.06. The molecular formula is C15H22BrN5. The quantitative estimate of drug-likeness (QED) is 0.792. The van der Waals surface area contributed by atoms with Crippen molar-refractivity contribution in [1.82, 2.24) is 19.5 Å². The van der Waals surface area contributed by atoms with Gasteiger partial charge in [0.1, 0.15) is 5.52 Å². The minimum atomic E-state index is 0.438. The molecule has 114 valence electrons. The minimum Gasteiger partial charge on any atom is -0.352 e. The van der Waals surface area contributed by atoms with Crippen molar-refractivity contribution in [1.29, 1.82) is 0 Å². The Kier molecular flexibility index (Phi) is 4.45. The molecule has 1 fully saturated rings. The van der Waals surface area contributed by atoms with E-state index < -0.39 is 0 Å². The Morgan fingerprint density at radius 2 is 2.00 bits per heavy atom. The number of alkyl halides is 1. The van der Waals surface area contributed by atoms with Crippen LogP contribution in [-0.2, 0) is 0 Å². The molecule has 1 aliphatic heterocycles. The van der Waals surface area contributed by atoms with Crippen molar-refractivity contribution in [3.8, 4) is 0 Å². The number of hydrogen-bond acceptors (Lipinski definition) is 4. The van der Waals surface area contributed by atoms with Crippen LogP contribution in [0.2, 0.25) is 0 Å². The maximum Gasteiger partial charge on any atom is 0.154 e. The smallest absolute Gasteiger partial charge is 0.154 e. The topological polar surface area (TPSA) is 36.7 Å². The number of halogens is 1. The van der Waals surface area contributed by atoms with Gasteiger partial charge < -0.3 is 4.90 Å². The molecule has 0 atom stereocenters. The lowest BCUT2D eigenvalue weighted by Crippen LogP contribution is -2.47. The summed E-state index contributed by atoms with van der Waals surface area (Å²) in [5.74, 6) is 1.50. The van der Waals surface area contributed by atoms with Gasteiger partial charge >= 0.3 is 0 Å². The van der Waals surface area contributed by atoms with Crippen molar-refractivity contribution in [2.75, 3.05) is 43.0 Å². The number of hydrogen-bond donors (Lipinski definition) is 0. The molecule has 1 aliphatic rings. The van der Waals surface area contributed by atoms with E-state index in [4.69, 9.17) is 0 Å². The van der Waals surface area contributed by atoms with Crippen LogP contribution in [0.3, 0.4) is 0 Å². The molecule has 5 nitrogen and oxygen atoms in total. The molecule has 3 heterocycles. The van der Waals surface area contributed by atoms with Crippen LogP contribution in [-0.4, -0.2) is 57.6 Å². The number of aromatic nitrogens is 3. The van der Waals surface area contributed by atoms with Gasteiger partial charge in [-0.15, -0.1) is 0 Å².